The van der Waals surface area contributed by atoms with Crippen LogP contribution in [0.5, 0.6) is 0 Å². The van der Waals surface area contributed by atoms with Gasteiger partial charge in [-0.25, -0.2) is 13.6 Å². The second-order valence-electron chi connectivity index (χ2n) is 8.29. The molecule has 35 heavy (non-hydrogen) atoms. The maximum Gasteiger partial charge on any atom is 0.332 e. The summed E-state index contributed by atoms with van der Waals surface area (Å²) >= 11 is 1.18. The van der Waals surface area contributed by atoms with Crippen molar-refractivity contribution >= 4 is 34.5 Å². The Labute approximate surface area is 202 Å². The number of nitrogens with zero attached hydrogens (tertiary/aromatic N) is 6. The quantitative estimate of drug-likeness (QED) is 0.267. The van der Waals surface area contributed by atoms with Crippen LogP contribution in [-0.4, -0.2) is 39.8 Å². The number of carbonyl (C=O) groups is 1. The molecule has 9 nitrogen and oxygen atoms in total. The van der Waals surface area contributed by atoms with Gasteiger partial charge in [0, 0.05) is 19.7 Å². The second-order valence-corrected chi connectivity index (χ2v) is 9.23. The van der Waals surface area contributed by atoms with Crippen molar-refractivity contribution in [3.63, 3.8) is 0 Å². The van der Waals surface area contributed by atoms with Gasteiger partial charge in [-0.15, -0.1) is 10.2 Å². The molecule has 3 heterocycles. The molecular weight excluding hydrogens is 471 g/mol. The topological polar surface area (TPSA) is 96.2 Å². The molecule has 0 aliphatic carbocycles. The molecule has 0 unspecified atom stereocenters. The Kier molecular flexibility index (Phi) is 5.64. The van der Waals surface area contributed by atoms with Gasteiger partial charge in [0.15, 0.2) is 22.1 Å². The van der Waals surface area contributed by atoms with Crippen molar-refractivity contribution in [3.05, 3.63) is 91.9 Å². The molecule has 178 valence electrons. The Bertz CT molecular complexity index is 1710. The number of benzene rings is 2. The number of ketones is 1. The van der Waals surface area contributed by atoms with Gasteiger partial charge < -0.3 is 0 Å². The van der Waals surface area contributed by atoms with E-state index in [1.807, 2.05) is 19.1 Å². The lowest BCUT2D eigenvalue weighted by molar-refractivity contribution is 0.102. The van der Waals surface area contributed by atoms with Crippen LogP contribution in [0.25, 0.3) is 16.9 Å². The number of hydrogen-bond donors (Lipinski definition) is 0. The number of halogens is 1. The number of thioether (sulfide) groups is 1. The van der Waals surface area contributed by atoms with Gasteiger partial charge in [-0.1, -0.05) is 53.7 Å². The molecule has 0 atom stereocenters. The van der Waals surface area contributed by atoms with Crippen molar-refractivity contribution in [1.29, 1.82) is 0 Å². The number of carbonyl (C=O) groups excluding carboxylic acids is 1. The molecule has 0 bridgehead atoms. The highest BCUT2D eigenvalue weighted by atomic mass is 32.2. The summed E-state index contributed by atoms with van der Waals surface area (Å²) in [4.78, 5) is 38.6. The minimum absolute atomic E-state index is 0.0772. The first-order valence-electron chi connectivity index (χ1n) is 10.8. The highest BCUT2D eigenvalue weighted by Crippen LogP contribution is 2.25. The Morgan fingerprint density at radius 1 is 0.971 bits per heavy atom. The lowest BCUT2D eigenvalue weighted by Crippen LogP contribution is -2.37. The van der Waals surface area contributed by atoms with Gasteiger partial charge in [0.25, 0.3) is 5.56 Å². The Balaban J connectivity index is 1.64. The zero-order valence-corrected chi connectivity index (χ0v) is 20.0. The molecule has 3 aromatic heterocycles. The van der Waals surface area contributed by atoms with Crippen LogP contribution in [-0.2, 0) is 20.6 Å². The van der Waals surface area contributed by atoms with E-state index in [2.05, 4.69) is 10.2 Å². The summed E-state index contributed by atoms with van der Waals surface area (Å²) in [6.07, 6.45) is 0. The van der Waals surface area contributed by atoms with Gasteiger partial charge in [-0.05, 0) is 24.6 Å². The molecule has 0 saturated carbocycles. The SMILES string of the molecule is Cc1ccc(C(=O)CSc2nnc3n(Cc4ccc(F)cc4)c4c(=O)n(C)c(=O)n(C)c4n23)cc1. The van der Waals surface area contributed by atoms with Crippen LogP contribution in [0.3, 0.4) is 0 Å². The molecular formula is C24H21FN6O3S. The second kappa shape index (κ2) is 8.66. The van der Waals surface area contributed by atoms with Crippen LogP contribution in [0.1, 0.15) is 21.5 Å². The third kappa shape index (κ3) is 3.87. The van der Waals surface area contributed by atoms with E-state index in [-0.39, 0.29) is 29.4 Å². The van der Waals surface area contributed by atoms with E-state index >= 15 is 0 Å². The molecule has 0 aliphatic heterocycles. The lowest BCUT2D eigenvalue weighted by Gasteiger charge is -2.07. The molecule has 0 aliphatic rings. The zero-order chi connectivity index (χ0) is 24.9. The Hall–Kier alpha value is -3.99. The van der Waals surface area contributed by atoms with Crippen LogP contribution in [0.2, 0.25) is 0 Å². The number of hydrogen-bond acceptors (Lipinski definition) is 6. The summed E-state index contributed by atoms with van der Waals surface area (Å²) in [5.41, 5.74) is 1.99. The van der Waals surface area contributed by atoms with Crippen LogP contribution in [0, 0.1) is 12.7 Å². The zero-order valence-electron chi connectivity index (χ0n) is 19.2. The van der Waals surface area contributed by atoms with Crippen molar-refractivity contribution < 1.29 is 9.18 Å². The molecule has 5 rings (SSSR count). The van der Waals surface area contributed by atoms with E-state index in [0.29, 0.717) is 22.1 Å². The van der Waals surface area contributed by atoms with Crippen molar-refractivity contribution in [2.75, 3.05) is 5.75 Å². The van der Waals surface area contributed by atoms with E-state index in [0.717, 1.165) is 15.7 Å². The van der Waals surface area contributed by atoms with Crippen molar-refractivity contribution in [2.24, 2.45) is 14.1 Å². The molecule has 0 N–H and O–H groups in total. The minimum atomic E-state index is -0.497. The number of imidazole rings is 1. The summed E-state index contributed by atoms with van der Waals surface area (Å²) in [5.74, 6) is 0.00120. The predicted octanol–water partition coefficient (Wildman–Crippen LogP) is 2.55. The fourth-order valence-corrected chi connectivity index (χ4v) is 4.82. The summed E-state index contributed by atoms with van der Waals surface area (Å²) in [6, 6.07) is 13.2. The normalized spacial score (nSPS) is 11.5. The summed E-state index contributed by atoms with van der Waals surface area (Å²) in [7, 11) is 2.98. The molecule has 11 heteroatoms. The Morgan fingerprint density at radius 3 is 2.34 bits per heavy atom. The minimum Gasteiger partial charge on any atom is -0.298 e. The predicted molar refractivity (Wildman–Crippen MR) is 131 cm³/mol. The first kappa shape index (κ1) is 22.8. The summed E-state index contributed by atoms with van der Waals surface area (Å²) < 4.78 is 19.1. The van der Waals surface area contributed by atoms with Gasteiger partial charge in [0.1, 0.15) is 5.82 Å². The molecule has 0 saturated heterocycles. The fraction of sp³-hybridized carbons (Fsp3) is 0.208. The molecule has 0 amide bonds. The molecule has 2 aromatic carbocycles. The standard InChI is InChI=1S/C24H21FN6O3S/c1-14-4-8-16(9-5-14)18(32)13-35-23-27-26-22-30(12-15-6-10-17(25)11-7-15)19-20(31(22)23)28(2)24(34)29(3)21(19)33/h4-11H,12-13H2,1-3H3. The van der Waals surface area contributed by atoms with E-state index < -0.39 is 11.2 Å². The number of rotatable bonds is 6. The Morgan fingerprint density at radius 2 is 1.66 bits per heavy atom. The number of fused-ring (bicyclic) bond motifs is 3. The van der Waals surface area contributed by atoms with Crippen LogP contribution < -0.4 is 11.2 Å². The third-order valence-electron chi connectivity index (χ3n) is 5.91. The first-order chi connectivity index (χ1) is 16.8. The number of aryl methyl sites for hydroxylation is 2. The molecule has 5 aromatic rings. The van der Waals surface area contributed by atoms with Crippen LogP contribution in [0.4, 0.5) is 4.39 Å². The molecule has 0 spiro atoms. The van der Waals surface area contributed by atoms with Gasteiger partial charge in [0.2, 0.25) is 5.78 Å². The van der Waals surface area contributed by atoms with Gasteiger partial charge in [0.05, 0.1) is 12.3 Å². The van der Waals surface area contributed by atoms with Gasteiger partial charge in [-0.3, -0.25) is 23.3 Å². The average Bonchev–Trinajstić information content (AvgIpc) is 3.40. The van der Waals surface area contributed by atoms with Crippen LogP contribution in [0.15, 0.2) is 63.3 Å². The van der Waals surface area contributed by atoms with Gasteiger partial charge >= 0.3 is 5.69 Å². The third-order valence-corrected chi connectivity index (χ3v) is 6.84. The number of Topliss-reactive ketones (excluding diaryl/α,β-unsaturated/α-hetero) is 1. The molecule has 0 fully saturated rings. The van der Waals surface area contributed by atoms with E-state index in [1.54, 1.807) is 40.3 Å². The smallest absolute Gasteiger partial charge is 0.298 e. The highest BCUT2D eigenvalue weighted by Gasteiger charge is 2.24. The maximum atomic E-state index is 13.4. The van der Waals surface area contributed by atoms with E-state index in [9.17, 15) is 18.8 Å². The lowest BCUT2D eigenvalue weighted by atomic mass is 10.1. The van der Waals surface area contributed by atoms with Gasteiger partial charge in [-0.2, -0.15) is 0 Å². The molecule has 0 radical (unpaired) electrons. The highest BCUT2D eigenvalue weighted by molar-refractivity contribution is 7.99. The number of aromatic nitrogens is 6. The van der Waals surface area contributed by atoms with E-state index in [1.165, 1.54) is 35.5 Å². The fourth-order valence-electron chi connectivity index (χ4n) is 4.00. The van der Waals surface area contributed by atoms with Crippen molar-refractivity contribution in [1.82, 2.24) is 28.3 Å². The summed E-state index contributed by atoms with van der Waals surface area (Å²) in [5, 5.41) is 8.90. The summed E-state index contributed by atoms with van der Waals surface area (Å²) in [6.45, 7) is 2.16. The first-order valence-corrected chi connectivity index (χ1v) is 11.7. The van der Waals surface area contributed by atoms with Crippen LogP contribution >= 0.6 is 11.8 Å². The maximum absolute atomic E-state index is 13.4. The monoisotopic (exact) mass is 492 g/mol. The van der Waals surface area contributed by atoms with E-state index in [4.69, 9.17) is 0 Å². The average molecular weight is 493 g/mol. The largest absolute Gasteiger partial charge is 0.332 e. The van der Waals surface area contributed by atoms with Crippen molar-refractivity contribution in [2.45, 2.75) is 18.6 Å². The van der Waals surface area contributed by atoms with Crippen molar-refractivity contribution in [3.8, 4) is 0 Å².